The second-order valence-corrected chi connectivity index (χ2v) is 6.32. The van der Waals surface area contributed by atoms with E-state index in [1.807, 2.05) is 6.92 Å². The molecule has 0 aliphatic carbocycles. The van der Waals surface area contributed by atoms with Gasteiger partial charge in [-0.1, -0.05) is 17.7 Å². The summed E-state index contributed by atoms with van der Waals surface area (Å²) in [6.07, 6.45) is 0. The summed E-state index contributed by atoms with van der Waals surface area (Å²) >= 11 is 5.91. The molecule has 1 aromatic rings. The van der Waals surface area contributed by atoms with Crippen LogP contribution in [-0.2, 0) is 10.0 Å². The van der Waals surface area contributed by atoms with Gasteiger partial charge in [0.2, 0.25) is 10.0 Å². The van der Waals surface area contributed by atoms with Gasteiger partial charge in [0.15, 0.2) is 0 Å². The van der Waals surface area contributed by atoms with Gasteiger partial charge in [-0.05, 0) is 31.7 Å². The van der Waals surface area contributed by atoms with Gasteiger partial charge >= 0.3 is 0 Å². The van der Waals surface area contributed by atoms with Gasteiger partial charge in [-0.15, -0.1) is 0 Å². The Hall–Kier alpha value is -0.690. The van der Waals surface area contributed by atoms with Gasteiger partial charge < -0.3 is 5.32 Å². The lowest BCUT2D eigenvalue weighted by atomic mass is 10.1. The number of halogens is 2. The summed E-state index contributed by atoms with van der Waals surface area (Å²) in [6, 6.07) is 4.00. The smallest absolute Gasteiger partial charge is 0.212 e. The van der Waals surface area contributed by atoms with Gasteiger partial charge in [0.25, 0.3) is 0 Å². The third-order valence-corrected chi connectivity index (χ3v) is 4.25. The maximum atomic E-state index is 12.9. The number of rotatable bonds is 6. The summed E-state index contributed by atoms with van der Waals surface area (Å²) < 4.78 is 37.5. The highest BCUT2D eigenvalue weighted by molar-refractivity contribution is 7.89. The molecule has 0 radical (unpaired) electrons. The second kappa shape index (κ2) is 6.47. The average molecular weight is 295 g/mol. The van der Waals surface area contributed by atoms with Crippen LogP contribution in [0, 0.1) is 5.82 Å². The van der Waals surface area contributed by atoms with Crippen molar-refractivity contribution in [3.8, 4) is 0 Å². The highest BCUT2D eigenvalue weighted by Gasteiger charge is 2.12. The van der Waals surface area contributed by atoms with Crippen molar-refractivity contribution in [3.05, 3.63) is 34.6 Å². The summed E-state index contributed by atoms with van der Waals surface area (Å²) in [5, 5.41) is 3.35. The van der Waals surface area contributed by atoms with Crippen molar-refractivity contribution in [2.75, 3.05) is 19.3 Å². The minimum atomic E-state index is -3.22. The first-order valence-corrected chi connectivity index (χ1v) is 7.48. The van der Waals surface area contributed by atoms with Gasteiger partial charge in [0.1, 0.15) is 5.82 Å². The molecule has 4 nitrogen and oxygen atoms in total. The standard InChI is InChI=1S/C11H16ClFN2O2S/c1-8(15-5-6-18(16,17)14-2)10-4-3-9(13)7-11(10)12/h3-4,7-8,14-15H,5-6H2,1-2H3. The highest BCUT2D eigenvalue weighted by Crippen LogP contribution is 2.23. The van der Waals surface area contributed by atoms with E-state index < -0.39 is 15.8 Å². The summed E-state index contributed by atoms with van der Waals surface area (Å²) in [5.41, 5.74) is 0.736. The van der Waals surface area contributed by atoms with Crippen LogP contribution in [0.3, 0.4) is 0 Å². The lowest BCUT2D eigenvalue weighted by Gasteiger charge is -2.15. The van der Waals surface area contributed by atoms with Crippen LogP contribution in [0.25, 0.3) is 0 Å². The van der Waals surface area contributed by atoms with Crippen LogP contribution in [0.2, 0.25) is 5.02 Å². The molecule has 0 bridgehead atoms. The molecule has 1 atom stereocenters. The van der Waals surface area contributed by atoms with Crippen LogP contribution < -0.4 is 10.0 Å². The van der Waals surface area contributed by atoms with E-state index in [2.05, 4.69) is 10.0 Å². The SMILES string of the molecule is CNS(=O)(=O)CCNC(C)c1ccc(F)cc1Cl. The summed E-state index contributed by atoms with van der Waals surface area (Å²) in [6.45, 7) is 2.13. The molecule has 0 saturated heterocycles. The fourth-order valence-electron chi connectivity index (χ4n) is 1.47. The molecule has 102 valence electrons. The van der Waals surface area contributed by atoms with E-state index in [4.69, 9.17) is 11.6 Å². The van der Waals surface area contributed by atoms with Crippen molar-refractivity contribution in [2.24, 2.45) is 0 Å². The van der Waals surface area contributed by atoms with E-state index in [0.717, 1.165) is 5.56 Å². The number of hydrogen-bond donors (Lipinski definition) is 2. The molecule has 0 aliphatic rings. The molecule has 0 fully saturated rings. The van der Waals surface area contributed by atoms with E-state index in [-0.39, 0.29) is 18.3 Å². The van der Waals surface area contributed by atoms with E-state index in [9.17, 15) is 12.8 Å². The van der Waals surface area contributed by atoms with Crippen molar-refractivity contribution in [3.63, 3.8) is 0 Å². The molecule has 0 heterocycles. The van der Waals surface area contributed by atoms with Crippen molar-refractivity contribution in [1.29, 1.82) is 0 Å². The van der Waals surface area contributed by atoms with Gasteiger partial charge in [0.05, 0.1) is 5.75 Å². The van der Waals surface area contributed by atoms with Crippen molar-refractivity contribution in [1.82, 2.24) is 10.0 Å². The minimum absolute atomic E-state index is 0.0212. The van der Waals surface area contributed by atoms with Crippen molar-refractivity contribution >= 4 is 21.6 Å². The predicted octanol–water partition coefficient (Wildman–Crippen LogP) is 1.68. The zero-order valence-electron chi connectivity index (χ0n) is 10.2. The minimum Gasteiger partial charge on any atom is -0.309 e. The fraction of sp³-hybridized carbons (Fsp3) is 0.455. The normalized spacial score (nSPS) is 13.6. The van der Waals surface area contributed by atoms with Gasteiger partial charge in [-0.3, -0.25) is 0 Å². The van der Waals surface area contributed by atoms with Gasteiger partial charge in [-0.2, -0.15) is 0 Å². The molecule has 2 N–H and O–H groups in total. The molecule has 1 aromatic carbocycles. The largest absolute Gasteiger partial charge is 0.309 e. The predicted molar refractivity (Wildman–Crippen MR) is 70.7 cm³/mol. The Morgan fingerprint density at radius 2 is 2.11 bits per heavy atom. The Morgan fingerprint density at radius 1 is 1.44 bits per heavy atom. The Kier molecular flexibility index (Phi) is 5.52. The Labute approximate surface area is 112 Å². The Morgan fingerprint density at radius 3 is 2.67 bits per heavy atom. The maximum Gasteiger partial charge on any atom is 0.212 e. The molecule has 0 spiro atoms. The third kappa shape index (κ3) is 4.53. The zero-order valence-corrected chi connectivity index (χ0v) is 11.8. The summed E-state index contributed by atoms with van der Waals surface area (Å²) in [5.74, 6) is -0.416. The van der Waals surface area contributed by atoms with Crippen LogP contribution in [0.4, 0.5) is 4.39 Å². The third-order valence-electron chi connectivity index (χ3n) is 2.56. The summed E-state index contributed by atoms with van der Waals surface area (Å²) in [4.78, 5) is 0. The molecule has 1 rings (SSSR count). The number of hydrogen-bond acceptors (Lipinski definition) is 3. The Bertz CT molecular complexity index is 508. The monoisotopic (exact) mass is 294 g/mol. The first-order valence-electron chi connectivity index (χ1n) is 5.45. The topological polar surface area (TPSA) is 58.2 Å². The van der Waals surface area contributed by atoms with E-state index in [1.54, 1.807) is 6.07 Å². The van der Waals surface area contributed by atoms with E-state index in [1.165, 1.54) is 19.2 Å². The van der Waals surface area contributed by atoms with Gasteiger partial charge in [0, 0.05) is 17.6 Å². The lowest BCUT2D eigenvalue weighted by molar-refractivity contribution is 0.566. The average Bonchev–Trinajstić information content (AvgIpc) is 2.28. The quantitative estimate of drug-likeness (QED) is 0.839. The first kappa shape index (κ1) is 15.4. The van der Waals surface area contributed by atoms with E-state index >= 15 is 0 Å². The molecular formula is C11H16ClFN2O2S. The number of benzene rings is 1. The van der Waals surface area contributed by atoms with Crippen molar-refractivity contribution in [2.45, 2.75) is 13.0 Å². The summed E-state index contributed by atoms with van der Waals surface area (Å²) in [7, 11) is -1.85. The molecule has 0 amide bonds. The van der Waals surface area contributed by atoms with Crippen molar-refractivity contribution < 1.29 is 12.8 Å². The number of nitrogens with one attached hydrogen (secondary N) is 2. The zero-order chi connectivity index (χ0) is 13.8. The van der Waals surface area contributed by atoms with Gasteiger partial charge in [-0.25, -0.2) is 17.5 Å². The molecule has 0 aliphatic heterocycles. The molecule has 18 heavy (non-hydrogen) atoms. The molecule has 0 aromatic heterocycles. The van der Waals surface area contributed by atoms with Crippen LogP contribution in [0.1, 0.15) is 18.5 Å². The maximum absolute atomic E-state index is 12.9. The molecule has 7 heteroatoms. The first-order chi connectivity index (χ1) is 8.35. The molecule has 0 saturated carbocycles. The molecular weight excluding hydrogens is 279 g/mol. The molecule has 1 unspecified atom stereocenters. The highest BCUT2D eigenvalue weighted by atomic mass is 35.5. The fourth-order valence-corrected chi connectivity index (χ4v) is 2.40. The van der Waals surface area contributed by atoms with Crippen LogP contribution in [0.15, 0.2) is 18.2 Å². The van der Waals surface area contributed by atoms with Crippen LogP contribution >= 0.6 is 11.6 Å². The Balaban J connectivity index is 2.58. The van der Waals surface area contributed by atoms with Crippen LogP contribution in [-0.4, -0.2) is 27.8 Å². The lowest BCUT2D eigenvalue weighted by Crippen LogP contribution is -2.31. The second-order valence-electron chi connectivity index (χ2n) is 3.86. The van der Waals surface area contributed by atoms with Crippen LogP contribution in [0.5, 0.6) is 0 Å². The number of sulfonamides is 1. The van der Waals surface area contributed by atoms with E-state index in [0.29, 0.717) is 5.02 Å².